The molecule has 2 unspecified atom stereocenters. The summed E-state index contributed by atoms with van der Waals surface area (Å²) in [5, 5.41) is 3.42. The maximum Gasteiger partial charge on any atom is 0.239 e. The second-order valence-electron chi connectivity index (χ2n) is 5.65. The molecule has 1 heterocycles. The molecule has 1 aromatic rings. The monoisotopic (exact) mass is 338 g/mol. The number of nitrogens with zero attached hydrogens (tertiary/aromatic N) is 1. The first-order chi connectivity index (χ1) is 9.56. The van der Waals surface area contributed by atoms with Crippen LogP contribution in [0.2, 0.25) is 0 Å². The van der Waals surface area contributed by atoms with E-state index in [1.807, 2.05) is 11.8 Å². The molecule has 1 aromatic carbocycles. The quantitative estimate of drug-likeness (QED) is 0.895. The van der Waals surface area contributed by atoms with Crippen molar-refractivity contribution in [3.63, 3.8) is 0 Å². The van der Waals surface area contributed by atoms with E-state index in [1.165, 1.54) is 5.56 Å². The first-order valence-electron chi connectivity index (χ1n) is 7.35. The molecule has 20 heavy (non-hydrogen) atoms. The van der Waals surface area contributed by atoms with Crippen molar-refractivity contribution < 1.29 is 4.79 Å². The Morgan fingerprint density at radius 2 is 1.85 bits per heavy atom. The molecular formula is C16H23BrN2O. The Morgan fingerprint density at radius 1 is 1.25 bits per heavy atom. The molecule has 2 atom stereocenters. The Bertz CT molecular complexity index is 440. The van der Waals surface area contributed by atoms with Gasteiger partial charge in [0, 0.05) is 23.6 Å². The summed E-state index contributed by atoms with van der Waals surface area (Å²) in [5.41, 5.74) is 1.29. The lowest BCUT2D eigenvalue weighted by Crippen LogP contribution is -2.47. The molecule has 3 nitrogen and oxygen atoms in total. The minimum Gasteiger partial charge on any atom is -0.341 e. The molecule has 110 valence electrons. The lowest BCUT2D eigenvalue weighted by molar-refractivity contribution is -0.132. The second kappa shape index (κ2) is 7.23. The van der Waals surface area contributed by atoms with Gasteiger partial charge in [0.25, 0.3) is 0 Å². The van der Waals surface area contributed by atoms with E-state index in [4.69, 9.17) is 0 Å². The molecule has 0 bridgehead atoms. The van der Waals surface area contributed by atoms with Crippen LogP contribution in [-0.2, 0) is 11.2 Å². The summed E-state index contributed by atoms with van der Waals surface area (Å²) >= 11 is 3.44. The lowest BCUT2D eigenvalue weighted by Gasteiger charge is -2.24. The van der Waals surface area contributed by atoms with E-state index in [-0.39, 0.29) is 18.0 Å². The van der Waals surface area contributed by atoms with Gasteiger partial charge in [0.2, 0.25) is 5.91 Å². The van der Waals surface area contributed by atoms with Crippen molar-refractivity contribution >= 4 is 21.8 Å². The normalized spacial score (nSPS) is 18.1. The maximum atomic E-state index is 12.2. The van der Waals surface area contributed by atoms with Crippen LogP contribution in [0.25, 0.3) is 0 Å². The zero-order chi connectivity index (χ0) is 14.5. The van der Waals surface area contributed by atoms with Crippen molar-refractivity contribution in [2.75, 3.05) is 13.1 Å². The van der Waals surface area contributed by atoms with Gasteiger partial charge in [-0.05, 0) is 50.8 Å². The Hall–Kier alpha value is -0.870. The molecule has 4 heteroatoms. The zero-order valence-corrected chi connectivity index (χ0v) is 13.8. The second-order valence-corrected chi connectivity index (χ2v) is 6.57. The van der Waals surface area contributed by atoms with E-state index in [9.17, 15) is 4.79 Å². The van der Waals surface area contributed by atoms with Gasteiger partial charge in [0.05, 0.1) is 6.04 Å². The van der Waals surface area contributed by atoms with Crippen molar-refractivity contribution in [3.05, 3.63) is 34.3 Å². The number of benzene rings is 1. The highest BCUT2D eigenvalue weighted by atomic mass is 79.9. The van der Waals surface area contributed by atoms with Gasteiger partial charge in [0.15, 0.2) is 0 Å². The fraction of sp³-hybridized carbons (Fsp3) is 0.562. The molecule has 1 saturated heterocycles. The number of carbonyl (C=O) groups is 1. The number of carbonyl (C=O) groups excluding carboxylic acids is 1. The number of likely N-dealkylation sites (tertiary alicyclic amines) is 1. The summed E-state index contributed by atoms with van der Waals surface area (Å²) < 4.78 is 1.10. The van der Waals surface area contributed by atoms with Crippen LogP contribution >= 0.6 is 15.9 Å². The van der Waals surface area contributed by atoms with Gasteiger partial charge < -0.3 is 10.2 Å². The summed E-state index contributed by atoms with van der Waals surface area (Å²) in [6.45, 7) is 5.95. The van der Waals surface area contributed by atoms with Crippen molar-refractivity contribution in [1.82, 2.24) is 10.2 Å². The van der Waals surface area contributed by atoms with Crippen LogP contribution in [-0.4, -0.2) is 36.0 Å². The third-order valence-electron chi connectivity index (χ3n) is 3.78. The van der Waals surface area contributed by atoms with E-state index in [1.54, 1.807) is 0 Å². The largest absolute Gasteiger partial charge is 0.341 e. The van der Waals surface area contributed by atoms with Gasteiger partial charge in [-0.25, -0.2) is 0 Å². The molecule has 0 radical (unpaired) electrons. The summed E-state index contributed by atoms with van der Waals surface area (Å²) in [5.74, 6) is 0.241. The molecule has 1 aliphatic rings. The number of nitrogens with one attached hydrogen (secondary N) is 1. The summed E-state index contributed by atoms with van der Waals surface area (Å²) in [6, 6.07) is 8.54. The van der Waals surface area contributed by atoms with E-state index >= 15 is 0 Å². The Kier molecular flexibility index (Phi) is 5.61. The fourth-order valence-electron chi connectivity index (χ4n) is 2.74. The van der Waals surface area contributed by atoms with Crippen LogP contribution in [0.4, 0.5) is 0 Å². The van der Waals surface area contributed by atoms with E-state index in [2.05, 4.69) is 52.4 Å². The van der Waals surface area contributed by atoms with Crippen molar-refractivity contribution in [1.29, 1.82) is 0 Å². The first-order valence-corrected chi connectivity index (χ1v) is 8.15. The molecule has 1 aliphatic heterocycles. The molecular weight excluding hydrogens is 316 g/mol. The topological polar surface area (TPSA) is 32.3 Å². The molecule has 1 amide bonds. The molecule has 1 N–H and O–H groups in total. The van der Waals surface area contributed by atoms with Gasteiger partial charge in [-0.15, -0.1) is 0 Å². The Morgan fingerprint density at radius 3 is 2.45 bits per heavy atom. The SMILES string of the molecule is CC(Cc1ccc(Br)cc1)NC(C)C(=O)N1CCCC1. The third-order valence-corrected chi connectivity index (χ3v) is 4.31. The van der Waals surface area contributed by atoms with Crippen molar-refractivity contribution in [2.45, 2.75) is 45.2 Å². The predicted octanol–water partition coefficient (Wildman–Crippen LogP) is 2.98. The van der Waals surface area contributed by atoms with Gasteiger partial charge >= 0.3 is 0 Å². The molecule has 2 rings (SSSR count). The minimum absolute atomic E-state index is 0.0986. The highest BCUT2D eigenvalue weighted by Gasteiger charge is 2.23. The van der Waals surface area contributed by atoms with E-state index in [0.29, 0.717) is 0 Å². The van der Waals surface area contributed by atoms with Gasteiger partial charge in [-0.2, -0.15) is 0 Å². The summed E-state index contributed by atoms with van der Waals surface area (Å²) in [4.78, 5) is 14.2. The molecule has 0 saturated carbocycles. The molecule has 0 aliphatic carbocycles. The lowest BCUT2D eigenvalue weighted by atomic mass is 10.1. The smallest absolute Gasteiger partial charge is 0.239 e. The highest BCUT2D eigenvalue weighted by molar-refractivity contribution is 9.10. The van der Waals surface area contributed by atoms with Gasteiger partial charge in [-0.1, -0.05) is 28.1 Å². The average molecular weight is 339 g/mol. The van der Waals surface area contributed by atoms with Crippen LogP contribution in [0.3, 0.4) is 0 Å². The average Bonchev–Trinajstić information content (AvgIpc) is 2.94. The molecule has 1 fully saturated rings. The van der Waals surface area contributed by atoms with E-state index < -0.39 is 0 Å². The highest BCUT2D eigenvalue weighted by Crippen LogP contribution is 2.13. The minimum atomic E-state index is -0.0986. The van der Waals surface area contributed by atoms with Crippen LogP contribution in [0.5, 0.6) is 0 Å². The number of rotatable bonds is 5. The molecule has 0 aromatic heterocycles. The number of amides is 1. The number of hydrogen-bond acceptors (Lipinski definition) is 2. The zero-order valence-electron chi connectivity index (χ0n) is 12.2. The van der Waals surface area contributed by atoms with Crippen LogP contribution in [0, 0.1) is 0 Å². The van der Waals surface area contributed by atoms with Crippen LogP contribution in [0.15, 0.2) is 28.7 Å². The molecule has 0 spiro atoms. The van der Waals surface area contributed by atoms with Crippen LogP contribution < -0.4 is 5.32 Å². The summed E-state index contributed by atoms with van der Waals surface area (Å²) in [6.07, 6.45) is 3.23. The Labute approximate surface area is 129 Å². The first kappa shape index (κ1) is 15.5. The fourth-order valence-corrected chi connectivity index (χ4v) is 3.01. The number of hydrogen-bond donors (Lipinski definition) is 1. The van der Waals surface area contributed by atoms with Gasteiger partial charge in [-0.3, -0.25) is 4.79 Å². The van der Waals surface area contributed by atoms with Crippen molar-refractivity contribution in [2.24, 2.45) is 0 Å². The maximum absolute atomic E-state index is 12.2. The third kappa shape index (κ3) is 4.32. The van der Waals surface area contributed by atoms with Gasteiger partial charge in [0.1, 0.15) is 0 Å². The predicted molar refractivity (Wildman–Crippen MR) is 85.7 cm³/mol. The summed E-state index contributed by atoms with van der Waals surface area (Å²) in [7, 11) is 0. The van der Waals surface area contributed by atoms with Crippen LogP contribution in [0.1, 0.15) is 32.3 Å². The van der Waals surface area contributed by atoms with Crippen molar-refractivity contribution in [3.8, 4) is 0 Å². The standard InChI is InChI=1S/C16H23BrN2O/c1-12(11-14-5-7-15(17)8-6-14)18-13(2)16(20)19-9-3-4-10-19/h5-8,12-13,18H,3-4,9-11H2,1-2H3. The van der Waals surface area contributed by atoms with E-state index in [0.717, 1.165) is 36.8 Å². The number of halogens is 1. The Balaban J connectivity index is 1.82.